The van der Waals surface area contributed by atoms with Gasteiger partial charge in [-0.1, -0.05) is 60.3 Å². The first kappa shape index (κ1) is 25.2. The van der Waals surface area contributed by atoms with Gasteiger partial charge in [-0.25, -0.2) is 0 Å². The molecule has 0 saturated carbocycles. The van der Waals surface area contributed by atoms with E-state index in [1.165, 1.54) is 42.5 Å². The first-order valence-electron chi connectivity index (χ1n) is 9.58. The fourth-order valence-electron chi connectivity index (χ4n) is 2.72. The van der Waals surface area contributed by atoms with Crippen LogP contribution >= 0.6 is 19.6 Å². The summed E-state index contributed by atoms with van der Waals surface area (Å²) in [7, 11) is -10.7. The summed E-state index contributed by atoms with van der Waals surface area (Å²) in [5.41, 5.74) is 2.51. The maximum atomic E-state index is 9.87. The summed E-state index contributed by atoms with van der Waals surface area (Å²) in [6, 6.07) is 38.7. The molecule has 174 valence electrons. The van der Waals surface area contributed by atoms with Crippen molar-refractivity contribution in [1.29, 1.82) is 0 Å². The molecule has 33 heavy (non-hydrogen) atoms. The third-order valence-electron chi connectivity index (χ3n) is 4.05. The maximum Gasteiger partial charge on any atom is 0.158 e. The Morgan fingerprint density at radius 3 is 1.30 bits per heavy atom. The SMILES string of the molecule is F[P-](F)(F)(F)(F)F.c1ccc(Sc2ccc(-c3ccc([SH+]c4ccccc4)cc3)cc2)cc1. The van der Waals surface area contributed by atoms with Crippen LogP contribution in [0.5, 0.6) is 0 Å². The number of hydrogen-bond donors (Lipinski definition) is 0. The molecule has 0 fully saturated rings. The van der Waals surface area contributed by atoms with E-state index < -0.39 is 7.81 Å². The number of halogens is 6. The van der Waals surface area contributed by atoms with Crippen molar-refractivity contribution in [3.63, 3.8) is 0 Å². The van der Waals surface area contributed by atoms with Gasteiger partial charge in [0.2, 0.25) is 0 Å². The standard InChI is InChI=1S/C24H18S2.F6P/c1-3-7-21(8-4-1)25-23-15-11-19(12-16-23)20-13-17-24(18-14-20)26-22-9-5-2-6-10-22;1-7(2,3,4,5)6/h1-18H;/q;-1/p+1. The van der Waals surface area contributed by atoms with Crippen LogP contribution in [-0.2, 0) is 11.8 Å². The molecule has 9 heteroatoms. The van der Waals surface area contributed by atoms with Crippen LogP contribution in [0.3, 0.4) is 0 Å². The van der Waals surface area contributed by atoms with Gasteiger partial charge in [0, 0.05) is 21.6 Å². The Hall–Kier alpha value is -2.41. The zero-order valence-electron chi connectivity index (χ0n) is 17.0. The third kappa shape index (κ3) is 10.8. The predicted octanol–water partition coefficient (Wildman–Crippen LogP) is 10.1. The van der Waals surface area contributed by atoms with Gasteiger partial charge in [-0.3, -0.25) is 0 Å². The minimum Gasteiger partial charge on any atom is -0.0901 e. The van der Waals surface area contributed by atoms with E-state index in [0.29, 0.717) is 0 Å². The molecule has 4 aromatic rings. The Balaban J connectivity index is 0.000000383. The Morgan fingerprint density at radius 2 is 0.818 bits per heavy atom. The van der Waals surface area contributed by atoms with Crippen molar-refractivity contribution in [2.45, 2.75) is 19.6 Å². The van der Waals surface area contributed by atoms with Gasteiger partial charge in [-0.15, -0.1) is 0 Å². The second-order valence-electron chi connectivity index (χ2n) is 6.89. The number of benzene rings is 4. The smallest absolute Gasteiger partial charge is 0.0901 e. The molecule has 0 radical (unpaired) electrons. The van der Waals surface area contributed by atoms with Crippen molar-refractivity contribution in [2.24, 2.45) is 0 Å². The molecular weight excluding hydrogens is 497 g/mol. The van der Waals surface area contributed by atoms with Crippen molar-refractivity contribution in [1.82, 2.24) is 0 Å². The van der Waals surface area contributed by atoms with E-state index in [4.69, 9.17) is 0 Å². The van der Waals surface area contributed by atoms with Gasteiger partial charge in [0.1, 0.15) is 0 Å². The summed E-state index contributed by atoms with van der Waals surface area (Å²) in [6.07, 6.45) is 0. The van der Waals surface area contributed by atoms with E-state index in [1.54, 1.807) is 11.8 Å². The second-order valence-corrected chi connectivity index (χ2v) is 11.2. The second kappa shape index (κ2) is 9.45. The van der Waals surface area contributed by atoms with Gasteiger partial charge in [0.05, 0.1) is 0 Å². The molecule has 4 rings (SSSR count). The van der Waals surface area contributed by atoms with Crippen LogP contribution in [0.25, 0.3) is 11.1 Å². The quantitative estimate of drug-likeness (QED) is 0.110. The Bertz CT molecular complexity index is 1070. The van der Waals surface area contributed by atoms with Crippen molar-refractivity contribution < 1.29 is 25.2 Å². The minimum atomic E-state index is -10.7. The number of thiol groups is 1. The zero-order chi connectivity index (χ0) is 24.0. The van der Waals surface area contributed by atoms with E-state index in [1.807, 2.05) is 6.07 Å². The fourth-order valence-corrected chi connectivity index (χ4v) is 4.48. The summed E-state index contributed by atoms with van der Waals surface area (Å²) in [4.78, 5) is 5.17. The molecule has 0 aromatic heterocycles. The van der Waals surface area contributed by atoms with E-state index in [9.17, 15) is 25.2 Å². The molecule has 0 heterocycles. The van der Waals surface area contributed by atoms with Crippen LogP contribution in [0.2, 0.25) is 0 Å². The average molecular weight is 517 g/mol. The topological polar surface area (TPSA) is 0 Å². The van der Waals surface area contributed by atoms with Crippen LogP contribution in [0, 0.1) is 0 Å². The third-order valence-corrected chi connectivity index (χ3v) is 6.18. The number of hydrogen-bond acceptors (Lipinski definition) is 1. The molecule has 4 aromatic carbocycles. The summed E-state index contributed by atoms with van der Waals surface area (Å²) >= 11 is 3.04. The van der Waals surface area contributed by atoms with Crippen LogP contribution in [0.1, 0.15) is 0 Å². The normalized spacial score (nSPS) is 13.3. The van der Waals surface area contributed by atoms with Crippen LogP contribution < -0.4 is 0 Å². The summed E-state index contributed by atoms with van der Waals surface area (Å²) < 4.78 is 59.2. The van der Waals surface area contributed by atoms with Crippen molar-refractivity contribution >= 4 is 31.3 Å². The van der Waals surface area contributed by atoms with Crippen molar-refractivity contribution in [3.05, 3.63) is 109 Å². The first-order chi connectivity index (χ1) is 15.3. The molecule has 0 atom stereocenters. The van der Waals surface area contributed by atoms with E-state index in [-0.39, 0.29) is 0 Å². The molecule has 0 N–H and O–H groups in total. The minimum absolute atomic E-state index is 1.25. The molecular formula is C24H19F6PS2. The van der Waals surface area contributed by atoms with Gasteiger partial charge in [0.15, 0.2) is 9.79 Å². The van der Waals surface area contributed by atoms with E-state index >= 15 is 0 Å². The summed E-state index contributed by atoms with van der Waals surface area (Å²) in [5, 5.41) is 0. The molecule has 0 aliphatic heterocycles. The molecule has 0 spiro atoms. The summed E-state index contributed by atoms with van der Waals surface area (Å²) in [5.74, 6) is 0. The molecule has 0 amide bonds. The molecule has 0 saturated heterocycles. The van der Waals surface area contributed by atoms with Gasteiger partial charge in [-0.05, 0) is 71.8 Å². The van der Waals surface area contributed by atoms with Gasteiger partial charge >= 0.3 is 33.0 Å². The van der Waals surface area contributed by atoms with Gasteiger partial charge < -0.3 is 0 Å². The molecule has 0 bridgehead atoms. The van der Waals surface area contributed by atoms with Crippen LogP contribution in [0.15, 0.2) is 129 Å². The summed E-state index contributed by atoms with van der Waals surface area (Å²) in [6.45, 7) is 0. The van der Waals surface area contributed by atoms with Gasteiger partial charge in [0.25, 0.3) is 0 Å². The Kier molecular flexibility index (Phi) is 7.22. The largest absolute Gasteiger partial charge is 0.158 e. The van der Waals surface area contributed by atoms with Crippen molar-refractivity contribution in [3.8, 4) is 11.1 Å². The van der Waals surface area contributed by atoms with Gasteiger partial charge in [-0.2, -0.15) is 0 Å². The Labute approximate surface area is 196 Å². The van der Waals surface area contributed by atoms with Crippen LogP contribution in [-0.4, -0.2) is 0 Å². The van der Waals surface area contributed by atoms with Crippen molar-refractivity contribution in [2.75, 3.05) is 0 Å². The van der Waals surface area contributed by atoms with E-state index in [0.717, 1.165) is 0 Å². The maximum absolute atomic E-state index is 10.7. The molecule has 0 unspecified atom stereocenters. The monoisotopic (exact) mass is 516 g/mol. The molecule has 0 nitrogen and oxygen atoms in total. The van der Waals surface area contributed by atoms with Crippen LogP contribution in [0.4, 0.5) is 25.2 Å². The van der Waals surface area contributed by atoms with E-state index in [2.05, 4.69) is 103 Å². The molecule has 0 aliphatic rings. The molecule has 0 aliphatic carbocycles. The zero-order valence-corrected chi connectivity index (χ0v) is 19.6. The Morgan fingerprint density at radius 1 is 0.455 bits per heavy atom. The first-order valence-corrected chi connectivity index (χ1v) is 13.3. The average Bonchev–Trinajstić information content (AvgIpc) is 2.74. The predicted molar refractivity (Wildman–Crippen MR) is 128 cm³/mol. The number of rotatable bonds is 5. The fraction of sp³-hybridized carbons (Fsp3) is 0.